The Kier molecular flexibility index (Phi) is 16.7. The summed E-state index contributed by atoms with van der Waals surface area (Å²) >= 11 is 7.71. The molecular weight excluding hydrogens is 780 g/mol. The number of unbranched alkanes of at least 4 members (excludes halogenated alkanes) is 2. The molecule has 6 rings (SSSR count). The number of carbonyl (C=O) groups excluding carboxylic acids is 1. The van der Waals surface area contributed by atoms with E-state index in [0.29, 0.717) is 49.6 Å². The second kappa shape index (κ2) is 21.8. The Morgan fingerprint density at radius 2 is 1.86 bits per heavy atom. The first kappa shape index (κ1) is 44.3. The molecule has 1 amide bonds. The molecule has 1 saturated heterocycles. The van der Waals surface area contributed by atoms with Gasteiger partial charge in [0.1, 0.15) is 29.9 Å². The van der Waals surface area contributed by atoms with Gasteiger partial charge in [0.25, 0.3) is 0 Å². The highest BCUT2D eigenvalue weighted by Crippen LogP contribution is 2.62. The van der Waals surface area contributed by atoms with Crippen LogP contribution in [0, 0.1) is 17.8 Å². The summed E-state index contributed by atoms with van der Waals surface area (Å²) in [6, 6.07) is 13.3. The van der Waals surface area contributed by atoms with Crippen LogP contribution in [-0.4, -0.2) is 96.8 Å². The van der Waals surface area contributed by atoms with Gasteiger partial charge in [0.05, 0.1) is 30.7 Å². The fourth-order valence-electron chi connectivity index (χ4n) is 9.23. The third-order valence-electron chi connectivity index (χ3n) is 11.7. The van der Waals surface area contributed by atoms with E-state index >= 15 is 0 Å². The molecule has 318 valence electrons. The van der Waals surface area contributed by atoms with Crippen LogP contribution in [0.15, 0.2) is 76.8 Å². The minimum absolute atomic E-state index is 0.0586. The third kappa shape index (κ3) is 10.2. The maximum Gasteiger partial charge on any atom is 0.410 e. The average molecular weight is 842 g/mol. The first-order valence-corrected chi connectivity index (χ1v) is 22.8. The largest absolute Gasteiger partial charge is 0.459 e. The van der Waals surface area contributed by atoms with Crippen molar-refractivity contribution in [1.82, 2.24) is 4.90 Å². The molecule has 0 aromatic heterocycles. The maximum absolute atomic E-state index is 14.1. The fourth-order valence-corrected chi connectivity index (χ4v) is 9.72. The number of halogens is 1. The topological polar surface area (TPSA) is 129 Å². The molecule has 1 saturated carbocycles. The van der Waals surface area contributed by atoms with Gasteiger partial charge in [-0.1, -0.05) is 37.1 Å². The summed E-state index contributed by atoms with van der Waals surface area (Å²) in [6.07, 6.45) is 13.5. The fraction of sp³-hybridized carbons (Fsp3) is 0.600. The van der Waals surface area contributed by atoms with E-state index in [1.165, 1.54) is 0 Å². The van der Waals surface area contributed by atoms with E-state index in [1.54, 1.807) is 22.7 Å². The second-order valence-corrected chi connectivity index (χ2v) is 16.7. The summed E-state index contributed by atoms with van der Waals surface area (Å²) in [5, 5.41) is 24.7. The van der Waals surface area contributed by atoms with Gasteiger partial charge < -0.3 is 38.7 Å². The summed E-state index contributed by atoms with van der Waals surface area (Å²) in [4.78, 5) is 23.2. The quantitative estimate of drug-likeness (QED) is 0.0413. The molecule has 58 heavy (non-hydrogen) atoms. The molecule has 2 fully saturated rings. The van der Waals surface area contributed by atoms with Crippen molar-refractivity contribution in [3.63, 3.8) is 0 Å². The van der Waals surface area contributed by atoms with E-state index in [0.717, 1.165) is 66.7 Å². The highest BCUT2D eigenvalue weighted by atomic mass is 35.5. The van der Waals surface area contributed by atoms with Crippen LogP contribution in [0.2, 0.25) is 0 Å². The molecule has 0 spiro atoms. The number of alkyl halides is 1. The molecule has 13 heteroatoms. The van der Waals surface area contributed by atoms with Crippen LogP contribution in [0.5, 0.6) is 17.2 Å². The van der Waals surface area contributed by atoms with Crippen molar-refractivity contribution in [2.45, 2.75) is 106 Å². The lowest BCUT2D eigenvalue weighted by molar-refractivity contribution is -0.255. The Bertz CT molecular complexity index is 1700. The number of ether oxygens (including phenoxy) is 5. The molecule has 2 N–H and O–H groups in total. The number of thioether (sulfide) groups is 1. The van der Waals surface area contributed by atoms with Crippen molar-refractivity contribution >= 4 is 35.2 Å². The lowest BCUT2D eigenvalue weighted by Gasteiger charge is -2.60. The van der Waals surface area contributed by atoms with Crippen molar-refractivity contribution < 1.29 is 43.5 Å². The second-order valence-electron chi connectivity index (χ2n) is 15.4. The van der Waals surface area contributed by atoms with Gasteiger partial charge in [0.2, 0.25) is 12.1 Å². The van der Waals surface area contributed by atoms with E-state index in [9.17, 15) is 15.0 Å². The Labute approximate surface area is 353 Å². The Morgan fingerprint density at radius 3 is 2.55 bits per heavy atom. The van der Waals surface area contributed by atoms with Crippen LogP contribution in [0.3, 0.4) is 0 Å². The molecule has 2 heterocycles. The smallest absolute Gasteiger partial charge is 0.410 e. The number of aliphatic hydroxyl groups is 2. The number of rotatable bonds is 21. The van der Waals surface area contributed by atoms with Crippen LogP contribution >= 0.6 is 23.4 Å². The Balaban J connectivity index is 1.56. The lowest BCUT2D eigenvalue weighted by Crippen LogP contribution is -2.70. The summed E-state index contributed by atoms with van der Waals surface area (Å²) in [6.45, 7) is 7.48. The average Bonchev–Trinajstić information content (AvgIpc) is 3.25. The van der Waals surface area contributed by atoms with Crippen LogP contribution in [-0.2, 0) is 19.0 Å². The molecule has 7 unspecified atom stereocenters. The molecule has 0 radical (unpaired) electrons. The zero-order valence-electron chi connectivity index (χ0n) is 34.0. The zero-order chi connectivity index (χ0) is 40.9. The summed E-state index contributed by atoms with van der Waals surface area (Å²) < 4.78 is 32.5. The normalized spacial score (nSPS) is 26.8. The Morgan fingerprint density at radius 1 is 1.09 bits per heavy atom. The monoisotopic (exact) mass is 840 g/mol. The minimum Gasteiger partial charge on any atom is -0.459 e. The summed E-state index contributed by atoms with van der Waals surface area (Å²) in [7, 11) is 0. The predicted molar refractivity (Wildman–Crippen MR) is 227 cm³/mol. The van der Waals surface area contributed by atoms with Crippen molar-refractivity contribution in [1.29, 1.82) is 0 Å². The number of benzene rings is 2. The van der Waals surface area contributed by atoms with E-state index in [4.69, 9.17) is 45.3 Å². The number of fused-ring (bicyclic) bond motifs is 2. The van der Waals surface area contributed by atoms with Crippen molar-refractivity contribution in [2.24, 2.45) is 22.9 Å². The molecule has 0 bridgehead atoms. The van der Waals surface area contributed by atoms with Gasteiger partial charge in [-0.2, -0.15) is 0 Å². The van der Waals surface area contributed by atoms with Crippen molar-refractivity contribution in [2.75, 3.05) is 51.7 Å². The first-order chi connectivity index (χ1) is 28.4. The summed E-state index contributed by atoms with van der Waals surface area (Å²) in [5.41, 5.74) is 2.66. The van der Waals surface area contributed by atoms with Gasteiger partial charge in [-0.25, -0.2) is 4.79 Å². The summed E-state index contributed by atoms with van der Waals surface area (Å²) in [5.74, 6) is 0.386. The number of allylic oxidation sites excluding steroid dienone is 1. The number of aliphatic hydroxyl groups excluding tert-OH is 2. The SMILES string of the molecule is C=CCOC12Oc3ccc(Oc4ccc(SC)cc4)cc3C3C(CCCCO)C(CCCCO)C=C(C(=NOC4CCCCO4)CC1N(CCC)C(=O)OCCCl)C32. The number of nitrogens with zero attached hydrogens (tertiary/aromatic N) is 2. The third-order valence-corrected chi connectivity index (χ3v) is 12.6. The molecule has 7 atom stereocenters. The number of amides is 1. The number of oxime groups is 1. The molecule has 2 aliphatic heterocycles. The van der Waals surface area contributed by atoms with E-state index in [2.05, 4.69) is 18.7 Å². The number of hydrogen-bond acceptors (Lipinski definition) is 11. The van der Waals surface area contributed by atoms with Crippen LogP contribution < -0.4 is 9.47 Å². The molecule has 2 aliphatic carbocycles. The number of carbonyl (C=O) groups is 1. The molecule has 4 aliphatic rings. The highest BCUT2D eigenvalue weighted by molar-refractivity contribution is 7.98. The highest BCUT2D eigenvalue weighted by Gasteiger charge is 2.65. The minimum atomic E-state index is -1.38. The van der Waals surface area contributed by atoms with Gasteiger partial charge in [0.15, 0.2) is 0 Å². The zero-order valence-corrected chi connectivity index (χ0v) is 35.6. The van der Waals surface area contributed by atoms with Crippen LogP contribution in [0.4, 0.5) is 4.79 Å². The lowest BCUT2D eigenvalue weighted by atomic mass is 9.55. The van der Waals surface area contributed by atoms with Gasteiger partial charge in [-0.05, 0) is 111 Å². The van der Waals surface area contributed by atoms with Gasteiger partial charge in [-0.15, -0.1) is 29.9 Å². The van der Waals surface area contributed by atoms with Gasteiger partial charge in [-0.3, -0.25) is 4.90 Å². The molecule has 2 aromatic carbocycles. The van der Waals surface area contributed by atoms with E-state index in [-0.39, 0.29) is 56.5 Å². The molecular formula is C45H61ClN2O9S. The molecule has 2 aromatic rings. The van der Waals surface area contributed by atoms with Crippen molar-refractivity contribution in [3.8, 4) is 17.2 Å². The van der Waals surface area contributed by atoms with Crippen LogP contribution in [0.1, 0.15) is 89.0 Å². The van der Waals surface area contributed by atoms with Gasteiger partial charge in [0, 0.05) is 49.0 Å². The van der Waals surface area contributed by atoms with Gasteiger partial charge >= 0.3 is 6.09 Å². The van der Waals surface area contributed by atoms with E-state index < -0.39 is 30.1 Å². The number of hydrogen-bond donors (Lipinski definition) is 2. The molecule has 11 nitrogen and oxygen atoms in total. The van der Waals surface area contributed by atoms with Crippen molar-refractivity contribution in [3.05, 3.63) is 72.3 Å². The maximum atomic E-state index is 14.1. The predicted octanol–water partition coefficient (Wildman–Crippen LogP) is 9.45. The Hall–Kier alpha value is -3.26. The van der Waals surface area contributed by atoms with Crippen LogP contribution in [0.25, 0.3) is 0 Å². The van der Waals surface area contributed by atoms with E-state index in [1.807, 2.05) is 49.6 Å². The standard InChI is InChI=1S/C45H61ClN2O9S/c1-4-22-48(44(51)53-27-21-46)40-30-38(47-57-41-14-8-11-26-52-41)36-28-31(12-6-9-23-49)35(13-7-10-24-50)42-37-29-33(55-32-15-18-34(58-3)19-16-32)17-20-39(37)56-45(40,43(36)42)54-25-5-2/h5,15-20,28-29,31,35,40-43,49-50H,2,4,6-14,21-27,30H2,1,3H3. The first-order valence-electron chi connectivity index (χ1n) is 21.1.